The van der Waals surface area contributed by atoms with Gasteiger partial charge in [-0.3, -0.25) is 4.79 Å². The first kappa shape index (κ1) is 11.9. The second kappa shape index (κ2) is 5.24. The molecule has 0 spiro atoms. The lowest BCUT2D eigenvalue weighted by Gasteiger charge is -2.05. The maximum atomic E-state index is 11.9. The number of hydrogen-bond donors (Lipinski definition) is 1. The average Bonchev–Trinajstić information content (AvgIpc) is 3.30. The lowest BCUT2D eigenvalue weighted by Crippen LogP contribution is -2.27. The van der Waals surface area contributed by atoms with Gasteiger partial charge < -0.3 is 10.1 Å². The molecule has 3 rings (SSSR count). The van der Waals surface area contributed by atoms with Crippen LogP contribution in [0.1, 0.15) is 10.4 Å². The molecule has 1 saturated heterocycles. The highest BCUT2D eigenvalue weighted by Gasteiger charge is 2.22. The minimum Gasteiger partial charge on any atom is -0.371 e. The van der Waals surface area contributed by atoms with Crippen molar-refractivity contribution in [2.24, 2.45) is 0 Å². The van der Waals surface area contributed by atoms with Crippen LogP contribution >= 0.6 is 0 Å². The van der Waals surface area contributed by atoms with Gasteiger partial charge in [0, 0.05) is 12.1 Å². The van der Waals surface area contributed by atoms with Crippen LogP contribution in [0.15, 0.2) is 54.6 Å². The maximum absolute atomic E-state index is 11.9. The summed E-state index contributed by atoms with van der Waals surface area (Å²) in [6, 6.07) is 17.8. The van der Waals surface area contributed by atoms with Gasteiger partial charge in [-0.15, -0.1) is 0 Å². The van der Waals surface area contributed by atoms with Crippen molar-refractivity contribution in [1.82, 2.24) is 5.32 Å². The molecule has 0 bridgehead atoms. The Morgan fingerprint density at radius 2 is 1.68 bits per heavy atom. The summed E-state index contributed by atoms with van der Waals surface area (Å²) in [5.41, 5.74) is 2.95. The predicted molar refractivity (Wildman–Crippen MR) is 74.0 cm³/mol. The molecule has 1 fully saturated rings. The molecule has 1 aliphatic heterocycles. The SMILES string of the molecule is O=C(NC[C@@H]1CO1)c1ccc(-c2ccccc2)cc1. The molecular formula is C16H15NO2. The molecule has 19 heavy (non-hydrogen) atoms. The standard InChI is InChI=1S/C16H15NO2/c18-16(17-10-15-11-19-15)14-8-6-13(7-9-14)12-4-2-1-3-5-12/h1-9,15H,10-11H2,(H,17,18)/t15-/m1/s1. The van der Waals surface area contributed by atoms with Crippen LogP contribution in [0.2, 0.25) is 0 Å². The first-order chi connectivity index (χ1) is 9.33. The highest BCUT2D eigenvalue weighted by molar-refractivity contribution is 5.94. The summed E-state index contributed by atoms with van der Waals surface area (Å²) in [4.78, 5) is 11.9. The third kappa shape index (κ3) is 3.01. The van der Waals surface area contributed by atoms with Gasteiger partial charge in [0.05, 0.1) is 12.7 Å². The van der Waals surface area contributed by atoms with Gasteiger partial charge in [0.25, 0.3) is 5.91 Å². The normalized spacial score (nSPS) is 16.9. The predicted octanol–water partition coefficient (Wildman–Crippen LogP) is 2.48. The molecule has 96 valence electrons. The third-order valence-corrected chi connectivity index (χ3v) is 3.15. The fraction of sp³-hybridized carbons (Fsp3) is 0.188. The van der Waals surface area contributed by atoms with E-state index < -0.39 is 0 Å². The fourth-order valence-electron chi connectivity index (χ4n) is 1.94. The molecule has 1 atom stereocenters. The molecule has 0 unspecified atom stereocenters. The van der Waals surface area contributed by atoms with E-state index in [-0.39, 0.29) is 12.0 Å². The number of ether oxygens (including phenoxy) is 1. The Morgan fingerprint density at radius 3 is 2.32 bits per heavy atom. The number of carbonyl (C=O) groups excluding carboxylic acids is 1. The van der Waals surface area contributed by atoms with Crippen LogP contribution in [0.4, 0.5) is 0 Å². The molecule has 3 heteroatoms. The van der Waals surface area contributed by atoms with Crippen LogP contribution in [0.3, 0.4) is 0 Å². The van der Waals surface area contributed by atoms with E-state index in [0.717, 1.165) is 17.7 Å². The van der Waals surface area contributed by atoms with Gasteiger partial charge in [-0.1, -0.05) is 42.5 Å². The summed E-state index contributed by atoms with van der Waals surface area (Å²) in [6.07, 6.45) is 0.215. The lowest BCUT2D eigenvalue weighted by molar-refractivity contribution is 0.0950. The Kier molecular flexibility index (Phi) is 3.29. The number of epoxide rings is 1. The minimum atomic E-state index is -0.0462. The molecule has 1 amide bonds. The van der Waals surface area contributed by atoms with Gasteiger partial charge in [0.1, 0.15) is 0 Å². The zero-order valence-corrected chi connectivity index (χ0v) is 10.5. The molecule has 2 aromatic rings. The largest absolute Gasteiger partial charge is 0.371 e. The van der Waals surface area contributed by atoms with E-state index in [4.69, 9.17) is 4.74 Å². The molecule has 0 aliphatic carbocycles. The quantitative estimate of drug-likeness (QED) is 0.850. The molecule has 1 heterocycles. The first-order valence-corrected chi connectivity index (χ1v) is 6.38. The molecule has 0 aromatic heterocycles. The van der Waals surface area contributed by atoms with Gasteiger partial charge in [0.2, 0.25) is 0 Å². The van der Waals surface area contributed by atoms with E-state index in [1.807, 2.05) is 42.5 Å². The van der Waals surface area contributed by atoms with Crippen LogP contribution in [0.25, 0.3) is 11.1 Å². The fourth-order valence-corrected chi connectivity index (χ4v) is 1.94. The zero-order chi connectivity index (χ0) is 13.1. The second-order valence-electron chi connectivity index (χ2n) is 4.61. The Labute approximate surface area is 112 Å². The Hall–Kier alpha value is -2.13. The molecule has 3 nitrogen and oxygen atoms in total. The van der Waals surface area contributed by atoms with Crippen molar-refractivity contribution in [2.75, 3.05) is 13.2 Å². The van der Waals surface area contributed by atoms with Crippen molar-refractivity contribution in [2.45, 2.75) is 6.10 Å². The van der Waals surface area contributed by atoms with Crippen LogP contribution in [-0.2, 0) is 4.74 Å². The molecule has 0 radical (unpaired) electrons. The Morgan fingerprint density at radius 1 is 1.05 bits per heavy atom. The van der Waals surface area contributed by atoms with E-state index in [0.29, 0.717) is 12.1 Å². The third-order valence-electron chi connectivity index (χ3n) is 3.15. The first-order valence-electron chi connectivity index (χ1n) is 6.38. The van der Waals surface area contributed by atoms with Crippen molar-refractivity contribution in [3.8, 4) is 11.1 Å². The average molecular weight is 253 g/mol. The number of carbonyl (C=O) groups is 1. The van der Waals surface area contributed by atoms with Crippen molar-refractivity contribution >= 4 is 5.91 Å². The van der Waals surface area contributed by atoms with E-state index in [9.17, 15) is 4.79 Å². The van der Waals surface area contributed by atoms with Crippen LogP contribution in [0.5, 0.6) is 0 Å². The number of benzene rings is 2. The second-order valence-corrected chi connectivity index (χ2v) is 4.61. The smallest absolute Gasteiger partial charge is 0.251 e. The number of hydrogen-bond acceptors (Lipinski definition) is 2. The van der Waals surface area contributed by atoms with Crippen molar-refractivity contribution in [1.29, 1.82) is 0 Å². The van der Waals surface area contributed by atoms with Crippen LogP contribution < -0.4 is 5.32 Å². The summed E-state index contributed by atoms with van der Waals surface area (Å²) in [5.74, 6) is -0.0462. The van der Waals surface area contributed by atoms with Gasteiger partial charge in [-0.25, -0.2) is 0 Å². The summed E-state index contributed by atoms with van der Waals surface area (Å²) < 4.78 is 5.06. The van der Waals surface area contributed by atoms with Gasteiger partial charge in [-0.05, 0) is 23.3 Å². The summed E-state index contributed by atoms with van der Waals surface area (Å²) in [7, 11) is 0. The van der Waals surface area contributed by atoms with Crippen LogP contribution in [0, 0.1) is 0 Å². The number of nitrogens with one attached hydrogen (secondary N) is 1. The molecule has 0 saturated carbocycles. The molecular weight excluding hydrogens is 238 g/mol. The van der Waals surface area contributed by atoms with Gasteiger partial charge in [0.15, 0.2) is 0 Å². The van der Waals surface area contributed by atoms with Crippen molar-refractivity contribution < 1.29 is 9.53 Å². The Balaban J connectivity index is 1.69. The summed E-state index contributed by atoms with van der Waals surface area (Å²) in [6.45, 7) is 1.35. The summed E-state index contributed by atoms with van der Waals surface area (Å²) >= 11 is 0. The maximum Gasteiger partial charge on any atom is 0.251 e. The van der Waals surface area contributed by atoms with Gasteiger partial charge in [-0.2, -0.15) is 0 Å². The number of amides is 1. The lowest BCUT2D eigenvalue weighted by atomic mass is 10.0. The molecule has 1 aliphatic rings. The molecule has 1 N–H and O–H groups in total. The van der Waals surface area contributed by atoms with Crippen molar-refractivity contribution in [3.63, 3.8) is 0 Å². The zero-order valence-electron chi connectivity index (χ0n) is 10.5. The van der Waals surface area contributed by atoms with Crippen LogP contribution in [-0.4, -0.2) is 25.2 Å². The van der Waals surface area contributed by atoms with E-state index in [1.165, 1.54) is 0 Å². The van der Waals surface area contributed by atoms with E-state index in [1.54, 1.807) is 0 Å². The Bertz CT molecular complexity index is 559. The van der Waals surface area contributed by atoms with E-state index in [2.05, 4.69) is 17.4 Å². The minimum absolute atomic E-state index is 0.0462. The highest BCUT2D eigenvalue weighted by Crippen LogP contribution is 2.19. The highest BCUT2D eigenvalue weighted by atomic mass is 16.6. The summed E-state index contributed by atoms with van der Waals surface area (Å²) in [5, 5.41) is 2.86. The molecule has 2 aromatic carbocycles. The monoisotopic (exact) mass is 253 g/mol. The van der Waals surface area contributed by atoms with Gasteiger partial charge >= 0.3 is 0 Å². The van der Waals surface area contributed by atoms with Crippen molar-refractivity contribution in [3.05, 3.63) is 60.2 Å². The topological polar surface area (TPSA) is 41.6 Å². The van der Waals surface area contributed by atoms with E-state index >= 15 is 0 Å². The number of rotatable bonds is 4.